The molecule has 1 N–H and O–H groups in total. The van der Waals surface area contributed by atoms with E-state index in [1.165, 1.54) is 20.0 Å². The molecule has 6 nitrogen and oxygen atoms in total. The number of hydrogen-bond donors (Lipinski definition) is 1. The lowest BCUT2D eigenvalue weighted by molar-refractivity contribution is 0.0600. The van der Waals surface area contributed by atoms with Crippen molar-refractivity contribution < 1.29 is 14.3 Å². The molecule has 142 valence electrons. The topological polar surface area (TPSA) is 61.9 Å². The van der Waals surface area contributed by atoms with Gasteiger partial charge in [-0.15, -0.1) is 0 Å². The Hall–Kier alpha value is -1.92. The first kappa shape index (κ1) is 18.9. The number of nitrogens with zero attached hydrogens (tertiary/aromatic N) is 2. The molecule has 2 fully saturated rings. The van der Waals surface area contributed by atoms with Gasteiger partial charge >= 0.3 is 5.97 Å². The van der Waals surface area contributed by atoms with Crippen molar-refractivity contribution in [3.05, 3.63) is 35.4 Å². The normalized spacial score (nSPS) is 22.8. The van der Waals surface area contributed by atoms with Crippen LogP contribution >= 0.6 is 0 Å². The minimum absolute atomic E-state index is 0.119. The summed E-state index contributed by atoms with van der Waals surface area (Å²) < 4.78 is 4.73. The summed E-state index contributed by atoms with van der Waals surface area (Å²) in [5.74, 6) is -0.545. The Balaban J connectivity index is 1.58. The van der Waals surface area contributed by atoms with Gasteiger partial charge in [0.15, 0.2) is 0 Å². The molecule has 0 spiro atoms. The first-order chi connectivity index (χ1) is 12.6. The molecule has 2 aliphatic heterocycles. The van der Waals surface area contributed by atoms with Gasteiger partial charge in [-0.05, 0) is 70.6 Å². The zero-order chi connectivity index (χ0) is 18.5. The number of carbonyl (C=O) groups is 2. The van der Waals surface area contributed by atoms with Crippen LogP contribution in [0.25, 0.3) is 0 Å². The predicted molar refractivity (Wildman–Crippen MR) is 100 cm³/mol. The third-order valence-electron chi connectivity index (χ3n) is 5.54. The Morgan fingerprint density at radius 2 is 1.85 bits per heavy atom. The SMILES string of the molecule is COC(=O)c1cccc(C(=O)NC2CCCN(C3CCN(C)CC3)C2)c1. The average Bonchev–Trinajstić information content (AvgIpc) is 2.68. The summed E-state index contributed by atoms with van der Waals surface area (Å²) in [6.07, 6.45) is 4.53. The molecule has 0 bridgehead atoms. The van der Waals surface area contributed by atoms with Crippen molar-refractivity contribution in [1.82, 2.24) is 15.1 Å². The number of carbonyl (C=O) groups excluding carboxylic acids is 2. The summed E-state index contributed by atoms with van der Waals surface area (Å²) in [4.78, 5) is 29.2. The number of piperidine rings is 2. The largest absolute Gasteiger partial charge is 0.465 e. The van der Waals surface area contributed by atoms with Gasteiger partial charge in [-0.25, -0.2) is 4.79 Å². The summed E-state index contributed by atoms with van der Waals surface area (Å²) >= 11 is 0. The van der Waals surface area contributed by atoms with Gasteiger partial charge in [-0.1, -0.05) is 6.07 Å². The van der Waals surface area contributed by atoms with Crippen LogP contribution in [0.2, 0.25) is 0 Å². The standard InChI is InChI=1S/C20H29N3O3/c1-22-11-8-18(9-12-22)23-10-4-7-17(14-23)21-19(24)15-5-3-6-16(13-15)20(25)26-2/h3,5-6,13,17-18H,4,7-12,14H2,1-2H3,(H,21,24). The lowest BCUT2D eigenvalue weighted by atomic mass is 9.98. The maximum Gasteiger partial charge on any atom is 0.337 e. The lowest BCUT2D eigenvalue weighted by Gasteiger charge is -2.41. The second-order valence-corrected chi connectivity index (χ2v) is 7.41. The van der Waals surface area contributed by atoms with E-state index < -0.39 is 5.97 Å². The molecule has 0 aromatic heterocycles. The predicted octanol–water partition coefficient (Wildman–Crippen LogP) is 1.76. The fourth-order valence-corrected chi connectivity index (χ4v) is 3.99. The maximum atomic E-state index is 12.6. The molecule has 2 heterocycles. The number of esters is 1. The first-order valence-corrected chi connectivity index (χ1v) is 9.48. The molecule has 0 saturated carbocycles. The summed E-state index contributed by atoms with van der Waals surface area (Å²) in [6.45, 7) is 4.34. The molecule has 0 radical (unpaired) electrons. The number of nitrogens with one attached hydrogen (secondary N) is 1. The molecular formula is C20H29N3O3. The van der Waals surface area contributed by atoms with E-state index in [-0.39, 0.29) is 11.9 Å². The molecule has 2 aliphatic rings. The monoisotopic (exact) mass is 359 g/mol. The van der Waals surface area contributed by atoms with Crippen LogP contribution in [0.4, 0.5) is 0 Å². The molecule has 1 unspecified atom stereocenters. The van der Waals surface area contributed by atoms with Gasteiger partial charge in [0, 0.05) is 24.2 Å². The van der Waals surface area contributed by atoms with Crippen molar-refractivity contribution in [2.75, 3.05) is 40.3 Å². The van der Waals surface area contributed by atoms with Crippen molar-refractivity contribution in [2.45, 2.75) is 37.8 Å². The molecule has 1 atom stereocenters. The van der Waals surface area contributed by atoms with Crippen molar-refractivity contribution in [1.29, 1.82) is 0 Å². The van der Waals surface area contributed by atoms with E-state index in [0.717, 1.165) is 39.0 Å². The Morgan fingerprint density at radius 3 is 2.58 bits per heavy atom. The Morgan fingerprint density at radius 1 is 1.12 bits per heavy atom. The number of benzene rings is 1. The fourth-order valence-electron chi connectivity index (χ4n) is 3.99. The van der Waals surface area contributed by atoms with E-state index in [0.29, 0.717) is 17.2 Å². The summed E-state index contributed by atoms with van der Waals surface area (Å²) in [5, 5.41) is 3.15. The van der Waals surface area contributed by atoms with Crippen LogP contribution in [0.5, 0.6) is 0 Å². The van der Waals surface area contributed by atoms with Gasteiger partial charge in [0.25, 0.3) is 5.91 Å². The fraction of sp³-hybridized carbons (Fsp3) is 0.600. The lowest BCUT2D eigenvalue weighted by Crippen LogP contribution is -2.53. The highest BCUT2D eigenvalue weighted by Crippen LogP contribution is 2.21. The van der Waals surface area contributed by atoms with Gasteiger partial charge in [0.1, 0.15) is 0 Å². The van der Waals surface area contributed by atoms with Crippen LogP contribution in [0.3, 0.4) is 0 Å². The van der Waals surface area contributed by atoms with Gasteiger partial charge in [-0.2, -0.15) is 0 Å². The quantitative estimate of drug-likeness (QED) is 0.830. The molecule has 1 aromatic carbocycles. The highest BCUT2D eigenvalue weighted by Gasteiger charge is 2.28. The number of likely N-dealkylation sites (tertiary alicyclic amines) is 2. The first-order valence-electron chi connectivity index (χ1n) is 9.48. The number of hydrogen-bond acceptors (Lipinski definition) is 5. The zero-order valence-corrected chi connectivity index (χ0v) is 15.7. The van der Waals surface area contributed by atoms with Crippen LogP contribution in [0, 0.1) is 0 Å². The zero-order valence-electron chi connectivity index (χ0n) is 15.7. The average molecular weight is 359 g/mol. The number of amides is 1. The molecule has 2 saturated heterocycles. The van der Waals surface area contributed by atoms with E-state index in [1.807, 2.05) is 0 Å². The van der Waals surface area contributed by atoms with Crippen molar-refractivity contribution >= 4 is 11.9 Å². The Labute approximate surface area is 155 Å². The van der Waals surface area contributed by atoms with Crippen LogP contribution in [0.1, 0.15) is 46.4 Å². The molecule has 0 aliphatic carbocycles. The molecule has 26 heavy (non-hydrogen) atoms. The number of methoxy groups -OCH3 is 1. The second kappa shape index (κ2) is 8.64. The third-order valence-corrected chi connectivity index (χ3v) is 5.54. The van der Waals surface area contributed by atoms with Crippen molar-refractivity contribution in [3.8, 4) is 0 Å². The minimum atomic E-state index is -0.425. The summed E-state index contributed by atoms with van der Waals surface area (Å²) in [5.41, 5.74) is 0.904. The van der Waals surface area contributed by atoms with Crippen LogP contribution in [0.15, 0.2) is 24.3 Å². The minimum Gasteiger partial charge on any atom is -0.465 e. The summed E-state index contributed by atoms with van der Waals surface area (Å²) in [7, 11) is 3.52. The Bertz CT molecular complexity index is 641. The van der Waals surface area contributed by atoms with Crippen molar-refractivity contribution in [2.24, 2.45) is 0 Å². The highest BCUT2D eigenvalue weighted by molar-refractivity contribution is 5.98. The van der Waals surface area contributed by atoms with Crippen LogP contribution in [-0.4, -0.2) is 74.1 Å². The van der Waals surface area contributed by atoms with E-state index in [4.69, 9.17) is 4.74 Å². The van der Waals surface area contributed by atoms with Gasteiger partial charge in [0.05, 0.1) is 12.7 Å². The van der Waals surface area contributed by atoms with Gasteiger partial charge in [-0.3, -0.25) is 9.69 Å². The smallest absolute Gasteiger partial charge is 0.337 e. The van der Waals surface area contributed by atoms with Crippen molar-refractivity contribution in [3.63, 3.8) is 0 Å². The van der Waals surface area contributed by atoms with E-state index in [9.17, 15) is 9.59 Å². The Kier molecular flexibility index (Phi) is 6.27. The molecule has 1 amide bonds. The number of ether oxygens (including phenoxy) is 1. The van der Waals surface area contributed by atoms with E-state index in [1.54, 1.807) is 24.3 Å². The van der Waals surface area contributed by atoms with Gasteiger partial charge < -0.3 is 15.0 Å². The van der Waals surface area contributed by atoms with Crippen LogP contribution in [-0.2, 0) is 4.74 Å². The van der Waals surface area contributed by atoms with Crippen LogP contribution < -0.4 is 5.32 Å². The molecule has 6 heteroatoms. The van der Waals surface area contributed by atoms with E-state index >= 15 is 0 Å². The summed E-state index contributed by atoms with van der Waals surface area (Å²) in [6, 6.07) is 7.50. The molecule has 3 rings (SSSR count). The third kappa shape index (κ3) is 4.62. The number of rotatable bonds is 4. The maximum absolute atomic E-state index is 12.6. The molecular weight excluding hydrogens is 330 g/mol. The molecule has 1 aromatic rings. The van der Waals surface area contributed by atoms with E-state index in [2.05, 4.69) is 22.2 Å². The highest BCUT2D eigenvalue weighted by atomic mass is 16.5. The second-order valence-electron chi connectivity index (χ2n) is 7.41. The van der Waals surface area contributed by atoms with Gasteiger partial charge in [0.2, 0.25) is 0 Å².